The van der Waals surface area contributed by atoms with E-state index in [-0.39, 0.29) is 0 Å². The molecule has 96 valence electrons. The lowest BCUT2D eigenvalue weighted by atomic mass is 10.0. The number of aromatic amines is 1. The summed E-state index contributed by atoms with van der Waals surface area (Å²) in [7, 11) is 0. The average Bonchev–Trinajstić information content (AvgIpc) is 2.79. The van der Waals surface area contributed by atoms with Crippen LogP contribution in [0.1, 0.15) is 18.4 Å². The van der Waals surface area contributed by atoms with Gasteiger partial charge in [0.25, 0.3) is 0 Å². The summed E-state index contributed by atoms with van der Waals surface area (Å²) in [6.45, 7) is 4.46. The number of hydrogen-bond donors (Lipinski definition) is 2. The normalized spacial score (nSPS) is 20.4. The largest absolute Gasteiger partial charge is 0.333 e. The molecule has 3 nitrogen and oxygen atoms in total. The first-order valence-electron chi connectivity index (χ1n) is 6.61. The number of nitrogens with one attached hydrogen (secondary N) is 2. The number of H-pyrrole nitrogens is 1. The highest BCUT2D eigenvalue weighted by molar-refractivity contribution is 7.99. The summed E-state index contributed by atoms with van der Waals surface area (Å²) in [6, 6.07) is 6.37. The van der Waals surface area contributed by atoms with Crippen LogP contribution in [-0.4, -0.2) is 28.8 Å². The van der Waals surface area contributed by atoms with E-state index in [0.29, 0.717) is 0 Å². The van der Waals surface area contributed by atoms with Crippen LogP contribution in [0.2, 0.25) is 0 Å². The minimum atomic E-state index is 0.790. The molecule has 1 saturated heterocycles. The number of hydrogen-bond acceptors (Lipinski definition) is 3. The van der Waals surface area contributed by atoms with Gasteiger partial charge in [-0.05, 0) is 56.5 Å². The van der Waals surface area contributed by atoms with E-state index in [4.69, 9.17) is 0 Å². The molecule has 1 aromatic heterocycles. The molecule has 2 N–H and O–H groups in total. The number of piperidine rings is 1. The lowest BCUT2D eigenvalue weighted by Gasteiger charge is -2.21. The van der Waals surface area contributed by atoms with Gasteiger partial charge in [-0.25, -0.2) is 4.98 Å². The molecular formula is C14H19N3S. The number of aryl methyl sites for hydroxylation is 1. The van der Waals surface area contributed by atoms with Gasteiger partial charge in [0.1, 0.15) is 0 Å². The Bertz CT molecular complexity index is 529. The number of rotatable bonds is 3. The summed E-state index contributed by atoms with van der Waals surface area (Å²) >= 11 is 1.85. The predicted octanol–water partition coefficient (Wildman–Crippen LogP) is 2.96. The lowest BCUT2D eigenvalue weighted by Crippen LogP contribution is -2.30. The van der Waals surface area contributed by atoms with Gasteiger partial charge >= 0.3 is 0 Å². The fourth-order valence-corrected chi connectivity index (χ4v) is 3.45. The minimum Gasteiger partial charge on any atom is -0.333 e. The van der Waals surface area contributed by atoms with Crippen LogP contribution < -0.4 is 5.32 Å². The van der Waals surface area contributed by atoms with Crippen molar-refractivity contribution in [2.75, 3.05) is 18.8 Å². The summed E-state index contributed by atoms with van der Waals surface area (Å²) in [4.78, 5) is 8.03. The zero-order valence-corrected chi connectivity index (χ0v) is 11.5. The van der Waals surface area contributed by atoms with Crippen molar-refractivity contribution < 1.29 is 0 Å². The van der Waals surface area contributed by atoms with Crippen LogP contribution in [0.4, 0.5) is 0 Å². The second-order valence-corrected chi connectivity index (χ2v) is 6.09. The van der Waals surface area contributed by atoms with Gasteiger partial charge in [0.15, 0.2) is 5.16 Å². The molecule has 1 aromatic carbocycles. The highest BCUT2D eigenvalue weighted by Gasteiger charge is 2.14. The van der Waals surface area contributed by atoms with E-state index in [1.165, 1.54) is 24.9 Å². The maximum absolute atomic E-state index is 4.63. The standard InChI is InChI=1S/C14H19N3S/c1-10-4-5-12-13(7-10)17-14(16-12)18-9-11-3-2-6-15-8-11/h4-5,7,11,15H,2-3,6,8-9H2,1H3,(H,16,17). The molecular weight excluding hydrogens is 242 g/mol. The Hall–Kier alpha value is -1.00. The Labute approximate surface area is 112 Å². The van der Waals surface area contributed by atoms with Crippen molar-refractivity contribution in [3.8, 4) is 0 Å². The summed E-state index contributed by atoms with van der Waals surface area (Å²) in [6.07, 6.45) is 2.66. The molecule has 0 spiro atoms. The van der Waals surface area contributed by atoms with Gasteiger partial charge in [-0.15, -0.1) is 0 Å². The maximum atomic E-state index is 4.63. The molecule has 18 heavy (non-hydrogen) atoms. The summed E-state index contributed by atoms with van der Waals surface area (Å²) in [5, 5.41) is 4.52. The number of thioether (sulfide) groups is 1. The molecule has 2 heterocycles. The highest BCUT2D eigenvalue weighted by atomic mass is 32.2. The predicted molar refractivity (Wildman–Crippen MR) is 77.1 cm³/mol. The maximum Gasteiger partial charge on any atom is 0.166 e. The molecule has 2 aromatic rings. The summed E-state index contributed by atoms with van der Waals surface area (Å²) < 4.78 is 0. The van der Waals surface area contributed by atoms with Crippen LogP contribution in [0.15, 0.2) is 23.4 Å². The quantitative estimate of drug-likeness (QED) is 0.835. The van der Waals surface area contributed by atoms with E-state index in [1.807, 2.05) is 11.8 Å². The number of aromatic nitrogens is 2. The Morgan fingerprint density at radius 3 is 3.22 bits per heavy atom. The number of imidazole rings is 1. The molecule has 0 aliphatic carbocycles. The van der Waals surface area contributed by atoms with E-state index in [9.17, 15) is 0 Å². The highest BCUT2D eigenvalue weighted by Crippen LogP contribution is 2.24. The second kappa shape index (κ2) is 5.33. The van der Waals surface area contributed by atoms with Gasteiger partial charge in [-0.1, -0.05) is 17.8 Å². The minimum absolute atomic E-state index is 0.790. The third-order valence-electron chi connectivity index (χ3n) is 3.47. The molecule has 1 aliphatic rings. The van der Waals surface area contributed by atoms with Gasteiger partial charge in [0.2, 0.25) is 0 Å². The molecule has 1 atom stereocenters. The van der Waals surface area contributed by atoms with Gasteiger partial charge in [-0.3, -0.25) is 0 Å². The van der Waals surface area contributed by atoms with Crippen molar-refractivity contribution in [1.29, 1.82) is 0 Å². The van der Waals surface area contributed by atoms with Crippen LogP contribution in [0, 0.1) is 12.8 Å². The molecule has 4 heteroatoms. The fourth-order valence-electron chi connectivity index (χ4n) is 2.43. The smallest absolute Gasteiger partial charge is 0.166 e. The number of fused-ring (bicyclic) bond motifs is 1. The number of benzene rings is 1. The van der Waals surface area contributed by atoms with Crippen LogP contribution >= 0.6 is 11.8 Å². The fraction of sp³-hybridized carbons (Fsp3) is 0.500. The summed E-state index contributed by atoms with van der Waals surface area (Å²) in [5.41, 5.74) is 3.50. The van der Waals surface area contributed by atoms with Crippen LogP contribution in [0.25, 0.3) is 11.0 Å². The Balaban J connectivity index is 1.67. The Morgan fingerprint density at radius 1 is 1.44 bits per heavy atom. The van der Waals surface area contributed by atoms with E-state index in [0.717, 1.165) is 34.4 Å². The van der Waals surface area contributed by atoms with E-state index >= 15 is 0 Å². The van der Waals surface area contributed by atoms with Crippen LogP contribution in [-0.2, 0) is 0 Å². The van der Waals surface area contributed by atoms with Crippen molar-refractivity contribution in [3.63, 3.8) is 0 Å². The molecule has 1 aliphatic heterocycles. The zero-order valence-electron chi connectivity index (χ0n) is 10.7. The summed E-state index contributed by atoms with van der Waals surface area (Å²) in [5.74, 6) is 1.95. The molecule has 0 amide bonds. The average molecular weight is 261 g/mol. The Morgan fingerprint density at radius 2 is 2.39 bits per heavy atom. The van der Waals surface area contributed by atoms with E-state index in [1.54, 1.807) is 0 Å². The van der Waals surface area contributed by atoms with Gasteiger partial charge in [0, 0.05) is 5.75 Å². The third-order valence-corrected chi connectivity index (χ3v) is 4.58. The van der Waals surface area contributed by atoms with Gasteiger partial charge in [0.05, 0.1) is 11.0 Å². The molecule has 0 saturated carbocycles. The molecule has 3 rings (SSSR count). The first-order valence-corrected chi connectivity index (χ1v) is 7.60. The molecule has 0 bridgehead atoms. The zero-order chi connectivity index (χ0) is 12.4. The van der Waals surface area contributed by atoms with Crippen molar-refractivity contribution in [2.24, 2.45) is 5.92 Å². The molecule has 0 radical (unpaired) electrons. The van der Waals surface area contributed by atoms with Crippen molar-refractivity contribution in [1.82, 2.24) is 15.3 Å². The SMILES string of the molecule is Cc1ccc2nc(SCC3CCCNC3)[nH]c2c1. The van der Waals surface area contributed by atoms with Crippen LogP contribution in [0.3, 0.4) is 0 Å². The second-order valence-electron chi connectivity index (χ2n) is 5.09. The van der Waals surface area contributed by atoms with Crippen molar-refractivity contribution in [3.05, 3.63) is 23.8 Å². The Kier molecular flexibility index (Phi) is 3.57. The molecule has 1 unspecified atom stereocenters. The first kappa shape index (κ1) is 12.1. The van der Waals surface area contributed by atoms with E-state index in [2.05, 4.69) is 40.4 Å². The molecule has 1 fully saturated rings. The van der Waals surface area contributed by atoms with Gasteiger partial charge in [-0.2, -0.15) is 0 Å². The monoisotopic (exact) mass is 261 g/mol. The van der Waals surface area contributed by atoms with Crippen molar-refractivity contribution in [2.45, 2.75) is 24.9 Å². The van der Waals surface area contributed by atoms with E-state index < -0.39 is 0 Å². The third kappa shape index (κ3) is 2.70. The van der Waals surface area contributed by atoms with Crippen molar-refractivity contribution >= 4 is 22.8 Å². The van der Waals surface area contributed by atoms with Gasteiger partial charge < -0.3 is 10.3 Å². The first-order chi connectivity index (χ1) is 8.81. The topological polar surface area (TPSA) is 40.7 Å². The lowest BCUT2D eigenvalue weighted by molar-refractivity contribution is 0.410. The number of nitrogens with zero attached hydrogens (tertiary/aromatic N) is 1. The van der Waals surface area contributed by atoms with Crippen LogP contribution in [0.5, 0.6) is 0 Å².